The molecule has 40 heavy (non-hydrogen) atoms. The highest BCUT2D eigenvalue weighted by molar-refractivity contribution is 6.03. The maximum Gasteiger partial charge on any atom is 0.129 e. The quantitative estimate of drug-likeness (QED) is 0.179. The molecule has 3 nitrogen and oxygen atoms in total. The van der Waals surface area contributed by atoms with Crippen LogP contribution in [0.1, 0.15) is 46.2 Å². The van der Waals surface area contributed by atoms with Gasteiger partial charge in [-0.15, -0.1) is 0 Å². The average molecular weight is 521 g/mol. The van der Waals surface area contributed by atoms with Crippen LogP contribution < -0.4 is 10.1 Å². The van der Waals surface area contributed by atoms with E-state index < -0.39 is 0 Å². The lowest BCUT2D eigenvalue weighted by atomic mass is 9.77. The molecule has 5 aromatic rings. The van der Waals surface area contributed by atoms with Gasteiger partial charge in [-0.3, -0.25) is 4.99 Å². The van der Waals surface area contributed by atoms with Crippen LogP contribution in [0.5, 0.6) is 5.75 Å². The molecule has 7 rings (SSSR count). The Morgan fingerprint density at radius 3 is 2.52 bits per heavy atom. The van der Waals surface area contributed by atoms with Crippen molar-refractivity contribution in [2.24, 2.45) is 10.9 Å². The number of rotatable bonds is 6. The van der Waals surface area contributed by atoms with E-state index in [1.807, 2.05) is 6.21 Å². The minimum absolute atomic E-state index is 0.285. The number of fused-ring (bicyclic) bond motifs is 4. The molecule has 3 heteroatoms. The van der Waals surface area contributed by atoms with Crippen LogP contribution in [0.25, 0.3) is 10.8 Å². The molecule has 0 saturated heterocycles. The third kappa shape index (κ3) is 4.69. The first kappa shape index (κ1) is 24.4. The Morgan fingerprint density at radius 1 is 0.850 bits per heavy atom. The first-order valence-electron chi connectivity index (χ1n) is 14.1. The van der Waals surface area contributed by atoms with E-state index in [4.69, 9.17) is 9.73 Å². The van der Waals surface area contributed by atoms with Gasteiger partial charge in [0.05, 0.1) is 11.7 Å². The topological polar surface area (TPSA) is 33.6 Å². The smallest absolute Gasteiger partial charge is 0.129 e. The molecular weight excluding hydrogens is 488 g/mol. The highest BCUT2D eigenvalue weighted by atomic mass is 16.5. The first-order chi connectivity index (χ1) is 19.7. The van der Waals surface area contributed by atoms with Crippen molar-refractivity contribution in [3.63, 3.8) is 0 Å². The van der Waals surface area contributed by atoms with E-state index in [0.717, 1.165) is 34.4 Å². The molecule has 0 radical (unpaired) electrons. The van der Waals surface area contributed by atoms with Gasteiger partial charge in [0.1, 0.15) is 12.4 Å². The second kappa shape index (κ2) is 10.5. The summed E-state index contributed by atoms with van der Waals surface area (Å²) in [5.41, 5.74) is 8.29. The maximum absolute atomic E-state index is 6.32. The summed E-state index contributed by atoms with van der Waals surface area (Å²) in [6.45, 7) is 2.62. The molecule has 196 valence electrons. The van der Waals surface area contributed by atoms with Gasteiger partial charge in [-0.05, 0) is 71.0 Å². The second-order valence-corrected chi connectivity index (χ2v) is 10.9. The van der Waals surface area contributed by atoms with E-state index >= 15 is 0 Å². The van der Waals surface area contributed by atoms with Crippen LogP contribution >= 0.6 is 0 Å². The summed E-state index contributed by atoms with van der Waals surface area (Å²) in [5.74, 6) is 1.85. The minimum Gasteiger partial charge on any atom is -0.488 e. The van der Waals surface area contributed by atoms with Crippen LogP contribution in [0, 0.1) is 12.8 Å². The number of para-hydroxylation sites is 1. The molecule has 0 aromatic heterocycles. The third-order valence-corrected chi connectivity index (χ3v) is 8.31. The fourth-order valence-electron chi connectivity index (χ4n) is 6.16. The second-order valence-electron chi connectivity index (χ2n) is 10.9. The predicted molar refractivity (Wildman–Crippen MR) is 166 cm³/mol. The Bertz CT molecular complexity index is 1720. The first-order valence-corrected chi connectivity index (χ1v) is 14.1. The van der Waals surface area contributed by atoms with Crippen LogP contribution in [0.15, 0.2) is 126 Å². The van der Waals surface area contributed by atoms with E-state index in [1.165, 1.54) is 27.8 Å². The van der Waals surface area contributed by atoms with Gasteiger partial charge in [0.25, 0.3) is 0 Å². The molecule has 0 unspecified atom stereocenters. The summed E-state index contributed by atoms with van der Waals surface area (Å²) in [4.78, 5) is 4.90. The van der Waals surface area contributed by atoms with E-state index in [0.29, 0.717) is 18.4 Å². The molecule has 0 saturated carbocycles. The van der Waals surface area contributed by atoms with E-state index in [1.54, 1.807) is 0 Å². The Kier molecular flexibility index (Phi) is 6.41. The zero-order valence-electron chi connectivity index (χ0n) is 22.6. The zero-order valence-corrected chi connectivity index (χ0v) is 22.6. The number of nitrogens with zero attached hydrogens (tertiary/aromatic N) is 1. The standard InChI is InChI=1S/C37H32N2O/c1-25-13-15-26(16-14-25)24-40-36-22-19-27-7-2-3-8-30(27)34(36)23-38-29-20-17-28(18-21-29)37-33-11-6-10-31(33)32-9-4-5-12-35(32)39-37/h2-10,12-23,31,33,37,39H,11,24H2,1H3/t31-,33+,37+/m1/s1. The molecule has 5 aromatic carbocycles. The van der Waals surface area contributed by atoms with E-state index in [-0.39, 0.29) is 6.04 Å². The molecule has 0 amide bonds. The van der Waals surface area contributed by atoms with Crippen LogP contribution in [-0.4, -0.2) is 6.21 Å². The highest BCUT2D eigenvalue weighted by Crippen LogP contribution is 2.49. The van der Waals surface area contributed by atoms with Crippen molar-refractivity contribution in [1.82, 2.24) is 0 Å². The van der Waals surface area contributed by atoms with Crippen LogP contribution in [0.4, 0.5) is 11.4 Å². The normalized spacial score (nSPS) is 19.4. The van der Waals surface area contributed by atoms with Gasteiger partial charge in [0.2, 0.25) is 0 Å². The van der Waals surface area contributed by atoms with Gasteiger partial charge >= 0.3 is 0 Å². The zero-order chi connectivity index (χ0) is 26.9. The number of aliphatic imine (C=N–C) groups is 1. The lowest BCUT2D eigenvalue weighted by Crippen LogP contribution is -2.28. The van der Waals surface area contributed by atoms with Crippen molar-refractivity contribution in [3.8, 4) is 5.75 Å². The molecule has 0 bridgehead atoms. The summed E-state index contributed by atoms with van der Waals surface area (Å²) in [5, 5.41) is 6.13. The Balaban J connectivity index is 1.15. The number of benzene rings is 5. The van der Waals surface area contributed by atoms with Crippen LogP contribution in [-0.2, 0) is 6.61 Å². The number of ether oxygens (including phenoxy) is 1. The number of aryl methyl sites for hydroxylation is 1. The van der Waals surface area contributed by atoms with Crippen molar-refractivity contribution in [2.45, 2.75) is 31.9 Å². The summed E-state index contributed by atoms with van der Waals surface area (Å²) in [6, 6.07) is 38.8. The molecule has 0 spiro atoms. The minimum atomic E-state index is 0.285. The molecule has 1 heterocycles. The van der Waals surface area contributed by atoms with Crippen molar-refractivity contribution < 1.29 is 4.74 Å². The average Bonchev–Trinajstić information content (AvgIpc) is 3.50. The summed E-state index contributed by atoms with van der Waals surface area (Å²) >= 11 is 0. The number of anilines is 1. The molecular formula is C37H32N2O. The van der Waals surface area contributed by atoms with Gasteiger partial charge in [-0.25, -0.2) is 0 Å². The van der Waals surface area contributed by atoms with Crippen molar-refractivity contribution in [2.75, 3.05) is 5.32 Å². The third-order valence-electron chi connectivity index (χ3n) is 8.31. The fourth-order valence-corrected chi connectivity index (χ4v) is 6.16. The van der Waals surface area contributed by atoms with Gasteiger partial charge in [-0.1, -0.05) is 103 Å². The maximum atomic E-state index is 6.32. The molecule has 1 aliphatic heterocycles. The van der Waals surface area contributed by atoms with Crippen molar-refractivity contribution in [3.05, 3.63) is 149 Å². The molecule has 0 fully saturated rings. The van der Waals surface area contributed by atoms with Crippen LogP contribution in [0.2, 0.25) is 0 Å². The van der Waals surface area contributed by atoms with E-state index in [9.17, 15) is 0 Å². The molecule has 3 atom stereocenters. The van der Waals surface area contributed by atoms with Gasteiger partial charge in [0, 0.05) is 23.4 Å². The predicted octanol–water partition coefficient (Wildman–Crippen LogP) is 9.30. The van der Waals surface area contributed by atoms with Gasteiger partial charge in [0.15, 0.2) is 0 Å². The highest BCUT2D eigenvalue weighted by Gasteiger charge is 2.37. The van der Waals surface area contributed by atoms with Crippen LogP contribution in [0.3, 0.4) is 0 Å². The lowest BCUT2D eigenvalue weighted by Gasteiger charge is -2.37. The molecule has 2 aliphatic rings. The fraction of sp³-hybridized carbons (Fsp3) is 0.162. The lowest BCUT2D eigenvalue weighted by molar-refractivity contribution is 0.306. The summed E-state index contributed by atoms with van der Waals surface area (Å²) in [7, 11) is 0. The monoisotopic (exact) mass is 520 g/mol. The Labute approximate surface area is 235 Å². The van der Waals surface area contributed by atoms with Crippen molar-refractivity contribution >= 4 is 28.4 Å². The Hall–Kier alpha value is -4.63. The molecule has 1 N–H and O–H groups in total. The summed E-state index contributed by atoms with van der Waals surface area (Å²) in [6.07, 6.45) is 7.78. The largest absolute Gasteiger partial charge is 0.488 e. The van der Waals surface area contributed by atoms with Gasteiger partial charge < -0.3 is 10.1 Å². The Morgan fingerprint density at radius 2 is 1.65 bits per heavy atom. The van der Waals surface area contributed by atoms with Crippen molar-refractivity contribution in [1.29, 1.82) is 0 Å². The number of hydrogen-bond acceptors (Lipinski definition) is 3. The van der Waals surface area contributed by atoms with Gasteiger partial charge in [-0.2, -0.15) is 0 Å². The van der Waals surface area contributed by atoms with E-state index in [2.05, 4.69) is 134 Å². The number of hydrogen-bond donors (Lipinski definition) is 1. The number of allylic oxidation sites excluding steroid dienone is 2. The number of nitrogens with one attached hydrogen (secondary N) is 1. The summed E-state index contributed by atoms with van der Waals surface area (Å²) < 4.78 is 6.32. The molecule has 1 aliphatic carbocycles. The SMILES string of the molecule is Cc1ccc(COc2ccc3ccccc3c2C=Nc2ccc([C@@H]3Nc4ccccc4[C@H]4C=CC[C@@H]43)cc2)cc1.